The Morgan fingerprint density at radius 3 is 2.88 bits per heavy atom. The molecule has 0 saturated heterocycles. The van der Waals surface area contributed by atoms with Crippen LogP contribution in [0.5, 0.6) is 0 Å². The lowest BCUT2D eigenvalue weighted by molar-refractivity contribution is 0.625. The Morgan fingerprint density at radius 2 is 2.25 bits per heavy atom. The van der Waals surface area contributed by atoms with Gasteiger partial charge in [-0.15, -0.1) is 0 Å². The summed E-state index contributed by atoms with van der Waals surface area (Å²) in [5.41, 5.74) is 1.05. The maximum Gasteiger partial charge on any atom is 0.0489 e. The third-order valence-electron chi connectivity index (χ3n) is 2.24. The zero-order valence-corrected chi connectivity index (χ0v) is 12.0. The highest BCUT2D eigenvalue weighted by molar-refractivity contribution is 9.10. The number of rotatable bonds is 5. The summed E-state index contributed by atoms with van der Waals surface area (Å²) in [4.78, 5) is 0. The molecular formula is C13H17BrClN. The van der Waals surface area contributed by atoms with Gasteiger partial charge in [-0.1, -0.05) is 52.7 Å². The van der Waals surface area contributed by atoms with Gasteiger partial charge in [0.25, 0.3) is 0 Å². The van der Waals surface area contributed by atoms with Gasteiger partial charge >= 0.3 is 0 Å². The highest BCUT2D eigenvalue weighted by Gasteiger charge is 1.98. The molecular weight excluding hydrogens is 286 g/mol. The second-order valence-electron chi connectivity index (χ2n) is 3.77. The molecule has 1 nitrogen and oxygen atoms in total. The summed E-state index contributed by atoms with van der Waals surface area (Å²) >= 11 is 9.51. The maximum absolute atomic E-state index is 6.12. The van der Waals surface area contributed by atoms with Crippen LogP contribution in [0, 0.1) is 0 Å². The third-order valence-corrected chi connectivity index (χ3v) is 3.06. The molecule has 1 rings (SSSR count). The fourth-order valence-electron chi connectivity index (χ4n) is 1.32. The van der Waals surface area contributed by atoms with E-state index in [1.54, 1.807) is 0 Å². The van der Waals surface area contributed by atoms with Crippen LogP contribution < -0.4 is 5.32 Å². The third kappa shape index (κ3) is 4.69. The zero-order chi connectivity index (χ0) is 12.0. The molecule has 1 N–H and O–H groups in total. The molecule has 1 aromatic rings. The van der Waals surface area contributed by atoms with E-state index in [0.717, 1.165) is 28.0 Å². The Kier molecular flexibility index (Phi) is 6.10. The fourth-order valence-corrected chi connectivity index (χ4v) is 2.06. The molecule has 0 fully saturated rings. The van der Waals surface area contributed by atoms with Crippen molar-refractivity contribution in [1.29, 1.82) is 0 Å². The number of hydrogen-bond acceptors (Lipinski definition) is 1. The lowest BCUT2D eigenvalue weighted by Crippen LogP contribution is -2.24. The van der Waals surface area contributed by atoms with Crippen LogP contribution in [-0.2, 0) is 0 Å². The molecule has 0 bridgehead atoms. The van der Waals surface area contributed by atoms with Gasteiger partial charge < -0.3 is 5.32 Å². The van der Waals surface area contributed by atoms with Gasteiger partial charge in [0.1, 0.15) is 0 Å². The smallest absolute Gasteiger partial charge is 0.0489 e. The standard InChI is InChI=1S/C13H17BrClN/c1-3-8-16-10(2)4-5-11-6-7-12(14)9-13(11)15/h4-7,9-10,16H,3,8H2,1-2H3/b5-4+. The molecule has 1 aromatic carbocycles. The highest BCUT2D eigenvalue weighted by atomic mass is 79.9. The summed E-state index contributed by atoms with van der Waals surface area (Å²) in [6, 6.07) is 6.29. The molecule has 3 heteroatoms. The number of benzene rings is 1. The Morgan fingerprint density at radius 1 is 1.50 bits per heavy atom. The van der Waals surface area contributed by atoms with E-state index in [0.29, 0.717) is 6.04 Å². The van der Waals surface area contributed by atoms with E-state index in [2.05, 4.69) is 47.2 Å². The predicted molar refractivity (Wildman–Crippen MR) is 75.9 cm³/mol. The molecule has 16 heavy (non-hydrogen) atoms. The summed E-state index contributed by atoms with van der Waals surface area (Å²) in [5, 5.41) is 4.17. The first kappa shape index (κ1) is 13.8. The second kappa shape index (κ2) is 7.10. The minimum Gasteiger partial charge on any atom is -0.311 e. The molecule has 88 valence electrons. The van der Waals surface area contributed by atoms with Gasteiger partial charge in [0.15, 0.2) is 0 Å². The van der Waals surface area contributed by atoms with Crippen LogP contribution in [0.1, 0.15) is 25.8 Å². The van der Waals surface area contributed by atoms with Gasteiger partial charge in [-0.05, 0) is 37.6 Å². The molecule has 0 aliphatic rings. The molecule has 1 atom stereocenters. The van der Waals surface area contributed by atoms with Gasteiger partial charge in [0, 0.05) is 15.5 Å². The lowest BCUT2D eigenvalue weighted by atomic mass is 10.2. The van der Waals surface area contributed by atoms with Gasteiger partial charge in [0.2, 0.25) is 0 Å². The number of hydrogen-bond donors (Lipinski definition) is 1. The molecule has 1 unspecified atom stereocenters. The molecule has 0 aliphatic heterocycles. The Bertz CT molecular complexity index is 363. The Labute approximate surface area is 111 Å². The molecule has 0 aliphatic carbocycles. The van der Waals surface area contributed by atoms with Crippen molar-refractivity contribution >= 4 is 33.6 Å². The molecule has 0 aromatic heterocycles. The summed E-state index contributed by atoms with van der Waals surface area (Å²) in [5.74, 6) is 0. The van der Waals surface area contributed by atoms with E-state index in [4.69, 9.17) is 11.6 Å². The first-order valence-corrected chi connectivity index (χ1v) is 6.67. The Hall–Kier alpha value is -0.310. The fraction of sp³-hybridized carbons (Fsp3) is 0.385. The summed E-state index contributed by atoms with van der Waals surface area (Å²) in [6.07, 6.45) is 5.34. The zero-order valence-electron chi connectivity index (χ0n) is 9.63. The van der Waals surface area contributed by atoms with Crippen molar-refractivity contribution in [3.8, 4) is 0 Å². The van der Waals surface area contributed by atoms with Crippen molar-refractivity contribution in [1.82, 2.24) is 5.32 Å². The van der Waals surface area contributed by atoms with E-state index in [1.165, 1.54) is 0 Å². The van der Waals surface area contributed by atoms with E-state index >= 15 is 0 Å². The first-order valence-electron chi connectivity index (χ1n) is 5.50. The SMILES string of the molecule is CCCNC(C)/C=C/c1ccc(Br)cc1Cl. The lowest BCUT2D eigenvalue weighted by Gasteiger charge is -2.07. The van der Waals surface area contributed by atoms with Crippen LogP contribution >= 0.6 is 27.5 Å². The molecule has 0 amide bonds. The van der Waals surface area contributed by atoms with E-state index < -0.39 is 0 Å². The topological polar surface area (TPSA) is 12.0 Å². The van der Waals surface area contributed by atoms with Gasteiger partial charge in [0.05, 0.1) is 0 Å². The van der Waals surface area contributed by atoms with Crippen LogP contribution in [0.2, 0.25) is 5.02 Å². The molecule has 0 saturated carbocycles. The normalized spacial score (nSPS) is 13.2. The molecule has 0 heterocycles. The van der Waals surface area contributed by atoms with Crippen LogP contribution in [0.3, 0.4) is 0 Å². The van der Waals surface area contributed by atoms with Crippen LogP contribution in [-0.4, -0.2) is 12.6 Å². The monoisotopic (exact) mass is 301 g/mol. The molecule has 0 radical (unpaired) electrons. The number of halogens is 2. The summed E-state index contributed by atoms with van der Waals surface area (Å²) in [6.45, 7) is 5.34. The maximum atomic E-state index is 6.12. The quantitative estimate of drug-likeness (QED) is 0.844. The van der Waals surface area contributed by atoms with Crippen LogP contribution in [0.15, 0.2) is 28.7 Å². The van der Waals surface area contributed by atoms with Crippen molar-refractivity contribution in [2.45, 2.75) is 26.3 Å². The van der Waals surface area contributed by atoms with Crippen LogP contribution in [0.25, 0.3) is 6.08 Å². The minimum atomic E-state index is 0.375. The average Bonchev–Trinajstić information content (AvgIpc) is 2.25. The van der Waals surface area contributed by atoms with Crippen molar-refractivity contribution in [3.63, 3.8) is 0 Å². The van der Waals surface area contributed by atoms with E-state index in [-0.39, 0.29) is 0 Å². The second-order valence-corrected chi connectivity index (χ2v) is 5.09. The minimum absolute atomic E-state index is 0.375. The highest BCUT2D eigenvalue weighted by Crippen LogP contribution is 2.22. The van der Waals surface area contributed by atoms with Crippen molar-refractivity contribution < 1.29 is 0 Å². The summed E-state index contributed by atoms with van der Waals surface area (Å²) < 4.78 is 1.01. The van der Waals surface area contributed by atoms with E-state index in [9.17, 15) is 0 Å². The number of nitrogens with one attached hydrogen (secondary N) is 1. The molecule has 0 spiro atoms. The first-order chi connectivity index (χ1) is 7.63. The van der Waals surface area contributed by atoms with Gasteiger partial charge in [-0.3, -0.25) is 0 Å². The van der Waals surface area contributed by atoms with Crippen molar-refractivity contribution in [2.24, 2.45) is 0 Å². The van der Waals surface area contributed by atoms with Gasteiger partial charge in [-0.2, -0.15) is 0 Å². The van der Waals surface area contributed by atoms with E-state index in [1.807, 2.05) is 18.2 Å². The van der Waals surface area contributed by atoms with Crippen molar-refractivity contribution in [3.05, 3.63) is 39.3 Å². The van der Waals surface area contributed by atoms with Crippen LogP contribution in [0.4, 0.5) is 0 Å². The average molecular weight is 303 g/mol. The largest absolute Gasteiger partial charge is 0.311 e. The van der Waals surface area contributed by atoms with Gasteiger partial charge in [-0.25, -0.2) is 0 Å². The predicted octanol–water partition coefficient (Wildman–Crippen LogP) is 4.50. The Balaban J connectivity index is 2.61. The summed E-state index contributed by atoms with van der Waals surface area (Å²) in [7, 11) is 0. The van der Waals surface area contributed by atoms with Crippen molar-refractivity contribution in [2.75, 3.05) is 6.54 Å².